The predicted molar refractivity (Wildman–Crippen MR) is 102 cm³/mol. The largest absolute Gasteiger partial charge is 0.378 e. The lowest BCUT2D eigenvalue weighted by Gasteiger charge is -2.21. The van der Waals surface area contributed by atoms with E-state index in [9.17, 15) is 4.39 Å². The average Bonchev–Trinajstić information content (AvgIpc) is 2.63. The number of nitrogens with one attached hydrogen (secondary N) is 1. The summed E-state index contributed by atoms with van der Waals surface area (Å²) in [6.45, 7) is 1.79. The molecule has 3 rings (SSSR count). The summed E-state index contributed by atoms with van der Waals surface area (Å²) in [4.78, 5) is 4.13. The van der Waals surface area contributed by atoms with Crippen molar-refractivity contribution in [1.29, 1.82) is 0 Å². The Bertz CT molecular complexity index is 819. The van der Waals surface area contributed by atoms with Crippen LogP contribution in [-0.2, 0) is 6.42 Å². The van der Waals surface area contributed by atoms with Crippen LogP contribution in [0.15, 0.2) is 66.9 Å². The third-order valence-corrected chi connectivity index (χ3v) is 4.43. The van der Waals surface area contributed by atoms with Gasteiger partial charge in [-0.25, -0.2) is 9.37 Å². The van der Waals surface area contributed by atoms with Crippen LogP contribution in [0.4, 0.5) is 10.1 Å². The van der Waals surface area contributed by atoms with Crippen molar-refractivity contribution >= 4 is 17.3 Å². The zero-order valence-corrected chi connectivity index (χ0v) is 14.8. The molecule has 2 aromatic carbocycles. The monoisotopic (exact) mass is 354 g/mol. The summed E-state index contributed by atoms with van der Waals surface area (Å²) in [7, 11) is 0. The van der Waals surface area contributed by atoms with Crippen LogP contribution in [0.1, 0.15) is 29.2 Å². The van der Waals surface area contributed by atoms with Gasteiger partial charge in [-0.15, -0.1) is 0 Å². The fraction of sp³-hybridized carbons (Fsp3) is 0.190. The molecule has 3 aromatic rings. The van der Waals surface area contributed by atoms with Crippen molar-refractivity contribution in [3.8, 4) is 0 Å². The van der Waals surface area contributed by atoms with Crippen LogP contribution in [-0.4, -0.2) is 4.98 Å². The highest BCUT2D eigenvalue weighted by Crippen LogP contribution is 2.26. The Labute approximate surface area is 152 Å². The molecule has 4 heteroatoms. The molecule has 25 heavy (non-hydrogen) atoms. The Morgan fingerprint density at radius 2 is 1.88 bits per heavy atom. The molecule has 0 spiro atoms. The van der Waals surface area contributed by atoms with E-state index >= 15 is 0 Å². The molecule has 0 bridgehead atoms. The lowest BCUT2D eigenvalue weighted by Crippen LogP contribution is -2.12. The number of pyridine rings is 1. The van der Waals surface area contributed by atoms with Gasteiger partial charge in [-0.05, 0) is 60.7 Å². The van der Waals surface area contributed by atoms with Crippen molar-refractivity contribution in [3.63, 3.8) is 0 Å². The maximum absolute atomic E-state index is 13.6. The summed E-state index contributed by atoms with van der Waals surface area (Å²) in [5.74, 6) is -0.177. The Balaban J connectivity index is 1.80. The molecule has 0 aliphatic heterocycles. The molecule has 1 aromatic heterocycles. The van der Waals surface area contributed by atoms with E-state index in [0.717, 1.165) is 29.7 Å². The van der Waals surface area contributed by atoms with Crippen molar-refractivity contribution in [2.75, 3.05) is 5.32 Å². The second kappa shape index (κ2) is 8.13. The fourth-order valence-corrected chi connectivity index (χ4v) is 2.92. The number of anilines is 1. The molecule has 0 saturated carbocycles. The molecule has 0 aliphatic carbocycles. The van der Waals surface area contributed by atoms with Gasteiger partial charge in [0.05, 0.1) is 6.04 Å². The number of benzene rings is 2. The van der Waals surface area contributed by atoms with Gasteiger partial charge in [0.1, 0.15) is 11.0 Å². The van der Waals surface area contributed by atoms with Crippen LogP contribution >= 0.6 is 11.6 Å². The van der Waals surface area contributed by atoms with E-state index in [1.807, 2.05) is 48.5 Å². The maximum Gasteiger partial charge on any atom is 0.129 e. The van der Waals surface area contributed by atoms with Crippen molar-refractivity contribution in [2.45, 2.75) is 25.8 Å². The molecular weight excluding hydrogens is 335 g/mol. The molecular formula is C21H20ClFN2. The minimum Gasteiger partial charge on any atom is -0.378 e. The molecule has 1 atom stereocenters. The van der Waals surface area contributed by atoms with Gasteiger partial charge >= 0.3 is 0 Å². The minimum absolute atomic E-state index is 0.0809. The zero-order valence-electron chi connectivity index (χ0n) is 14.0. The van der Waals surface area contributed by atoms with Gasteiger partial charge in [0.2, 0.25) is 0 Å². The second-order valence-corrected chi connectivity index (χ2v) is 6.49. The van der Waals surface area contributed by atoms with Crippen molar-refractivity contribution in [3.05, 3.63) is 94.5 Å². The van der Waals surface area contributed by atoms with Crippen molar-refractivity contribution < 1.29 is 4.39 Å². The number of nitrogens with zero attached hydrogens (tertiary/aromatic N) is 1. The summed E-state index contributed by atoms with van der Waals surface area (Å²) in [6, 6.07) is 19.2. The van der Waals surface area contributed by atoms with E-state index in [1.54, 1.807) is 19.2 Å². The first-order valence-electron chi connectivity index (χ1n) is 8.30. The number of aromatic nitrogens is 1. The molecule has 1 unspecified atom stereocenters. The third-order valence-electron chi connectivity index (χ3n) is 4.21. The van der Waals surface area contributed by atoms with E-state index < -0.39 is 0 Å². The highest BCUT2D eigenvalue weighted by Gasteiger charge is 2.13. The van der Waals surface area contributed by atoms with E-state index in [-0.39, 0.29) is 11.9 Å². The van der Waals surface area contributed by atoms with E-state index in [0.29, 0.717) is 10.7 Å². The molecule has 128 valence electrons. The van der Waals surface area contributed by atoms with Crippen LogP contribution in [0.5, 0.6) is 0 Å². The van der Waals surface area contributed by atoms with Crippen LogP contribution in [0.25, 0.3) is 0 Å². The lowest BCUT2D eigenvalue weighted by molar-refractivity contribution is 0.614. The molecule has 2 nitrogen and oxygen atoms in total. The van der Waals surface area contributed by atoms with Gasteiger partial charge < -0.3 is 5.32 Å². The van der Waals surface area contributed by atoms with Gasteiger partial charge in [0, 0.05) is 11.9 Å². The summed E-state index contributed by atoms with van der Waals surface area (Å²) in [5.41, 5.74) is 3.90. The van der Waals surface area contributed by atoms with Crippen LogP contribution < -0.4 is 5.32 Å². The summed E-state index contributed by atoms with van der Waals surface area (Å²) in [5, 5.41) is 4.05. The van der Waals surface area contributed by atoms with Gasteiger partial charge in [-0.1, -0.05) is 48.0 Å². The number of hydrogen-bond acceptors (Lipinski definition) is 2. The smallest absolute Gasteiger partial charge is 0.129 e. The highest BCUT2D eigenvalue weighted by molar-refractivity contribution is 6.29. The average molecular weight is 355 g/mol. The second-order valence-electron chi connectivity index (χ2n) is 6.10. The highest BCUT2D eigenvalue weighted by atomic mass is 35.5. The van der Waals surface area contributed by atoms with Crippen molar-refractivity contribution in [2.24, 2.45) is 0 Å². The standard InChI is InChI=1S/C21H20ClFN2/c1-15-13-17(9-10-19(15)23)20(25-18-5-3-2-4-6-18)11-7-16-8-12-21(22)24-14-16/h2-6,8-10,12-14,20,25H,7,11H2,1H3. The number of halogens is 2. The van der Waals surface area contributed by atoms with E-state index in [1.165, 1.54) is 6.07 Å². The SMILES string of the molecule is Cc1cc(C(CCc2ccc(Cl)nc2)Nc2ccccc2)ccc1F. The minimum atomic E-state index is -0.177. The van der Waals surface area contributed by atoms with Crippen LogP contribution in [0.2, 0.25) is 5.15 Å². The molecule has 1 heterocycles. The number of para-hydroxylation sites is 1. The molecule has 0 amide bonds. The number of aryl methyl sites for hydroxylation is 2. The van der Waals surface area contributed by atoms with Gasteiger partial charge in [0.25, 0.3) is 0 Å². The molecule has 0 saturated heterocycles. The molecule has 0 radical (unpaired) electrons. The summed E-state index contributed by atoms with van der Waals surface area (Å²) >= 11 is 5.85. The van der Waals surface area contributed by atoms with E-state index in [2.05, 4.69) is 10.3 Å². The Morgan fingerprint density at radius 3 is 2.56 bits per heavy atom. The molecule has 0 fully saturated rings. The Morgan fingerprint density at radius 1 is 1.08 bits per heavy atom. The Hall–Kier alpha value is -2.39. The molecule has 1 N–H and O–H groups in total. The van der Waals surface area contributed by atoms with Crippen LogP contribution in [0.3, 0.4) is 0 Å². The fourth-order valence-electron chi connectivity index (χ4n) is 2.81. The summed E-state index contributed by atoms with van der Waals surface area (Å²) in [6.07, 6.45) is 3.52. The lowest BCUT2D eigenvalue weighted by atomic mass is 9.97. The summed E-state index contributed by atoms with van der Waals surface area (Å²) < 4.78 is 13.6. The van der Waals surface area contributed by atoms with Gasteiger partial charge in [0.15, 0.2) is 0 Å². The first kappa shape index (κ1) is 17.4. The Kier molecular flexibility index (Phi) is 5.67. The normalized spacial score (nSPS) is 12.0. The predicted octanol–water partition coefficient (Wildman–Crippen LogP) is 5.97. The molecule has 0 aliphatic rings. The number of rotatable bonds is 6. The maximum atomic E-state index is 13.6. The van der Waals surface area contributed by atoms with E-state index in [4.69, 9.17) is 11.6 Å². The van der Waals surface area contributed by atoms with Gasteiger partial charge in [-0.3, -0.25) is 0 Å². The third kappa shape index (κ3) is 4.80. The quantitative estimate of drug-likeness (QED) is 0.552. The van der Waals surface area contributed by atoms with Crippen molar-refractivity contribution in [1.82, 2.24) is 4.98 Å². The first-order chi connectivity index (χ1) is 12.1. The topological polar surface area (TPSA) is 24.9 Å². The van der Waals surface area contributed by atoms with Crippen LogP contribution in [0, 0.1) is 12.7 Å². The zero-order chi connectivity index (χ0) is 17.6. The first-order valence-corrected chi connectivity index (χ1v) is 8.67. The number of hydrogen-bond donors (Lipinski definition) is 1. The van der Waals surface area contributed by atoms with Gasteiger partial charge in [-0.2, -0.15) is 0 Å².